The van der Waals surface area contributed by atoms with Crippen LogP contribution in [-0.2, 0) is 13.0 Å². The lowest BCUT2D eigenvalue weighted by molar-refractivity contribution is 0.0979. The van der Waals surface area contributed by atoms with Gasteiger partial charge in [0.25, 0.3) is 0 Å². The Hall–Kier alpha value is -1.46. The summed E-state index contributed by atoms with van der Waals surface area (Å²) in [6.45, 7) is 4.41. The molecule has 2 aromatic rings. The average molecular weight is 480 g/mol. The molecule has 1 aliphatic heterocycles. The maximum absolute atomic E-state index is 12.4. The molecule has 0 saturated carbocycles. The number of rotatable bonds is 2. The van der Waals surface area contributed by atoms with E-state index in [1.165, 1.54) is 0 Å². The molecule has 0 N–H and O–H groups in total. The van der Waals surface area contributed by atoms with Gasteiger partial charge in [0.2, 0.25) is 0 Å². The number of hydrogen-bond donors (Lipinski definition) is 0. The predicted molar refractivity (Wildman–Crippen MR) is 111 cm³/mol. The number of alkyl halides is 2. The van der Waals surface area contributed by atoms with Crippen molar-refractivity contribution in [1.82, 2.24) is 0 Å². The lowest BCUT2D eigenvalue weighted by Gasteiger charge is -2.26. The Kier molecular flexibility index (Phi) is 5.98. The van der Waals surface area contributed by atoms with E-state index in [2.05, 4.69) is 37.9 Å². The van der Waals surface area contributed by atoms with E-state index >= 15 is 0 Å². The summed E-state index contributed by atoms with van der Waals surface area (Å²) in [6.07, 6.45) is 1.69. The lowest BCUT2D eigenvalue weighted by Crippen LogP contribution is -2.23. The molecule has 26 heavy (non-hydrogen) atoms. The van der Waals surface area contributed by atoms with Crippen LogP contribution in [0.15, 0.2) is 30.3 Å². The molecular weight excluding hydrogens is 460 g/mol. The summed E-state index contributed by atoms with van der Waals surface area (Å²) in [4.78, 5) is 24.1. The van der Waals surface area contributed by atoms with Crippen LogP contribution in [-0.4, -0.2) is 21.7 Å². The maximum atomic E-state index is 12.4. The van der Waals surface area contributed by atoms with Crippen molar-refractivity contribution in [2.75, 3.05) is 5.33 Å². The summed E-state index contributed by atoms with van der Waals surface area (Å²) in [7, 11) is 0. The van der Waals surface area contributed by atoms with E-state index in [9.17, 15) is 9.59 Å². The number of benzene rings is 2. The second-order valence-electron chi connectivity index (χ2n) is 6.09. The predicted octanol–water partition coefficient (Wildman–Crippen LogP) is 5.74. The number of carbonyl (C=O) groups excluding carboxylic acids is 2. The zero-order valence-corrected chi connectivity index (χ0v) is 17.9. The van der Waals surface area contributed by atoms with Gasteiger partial charge < -0.3 is 4.74 Å². The van der Waals surface area contributed by atoms with E-state index in [1.54, 1.807) is 0 Å². The van der Waals surface area contributed by atoms with Crippen LogP contribution in [0.2, 0.25) is 0 Å². The molecule has 1 heterocycles. The van der Waals surface area contributed by atoms with E-state index in [0.29, 0.717) is 17.5 Å². The average Bonchev–Trinajstić information content (AvgIpc) is 2.70. The van der Waals surface area contributed by atoms with Gasteiger partial charge in [-0.15, -0.1) is 0 Å². The topological polar surface area (TPSA) is 43.4 Å². The summed E-state index contributed by atoms with van der Waals surface area (Å²) < 4.78 is 5.88. The summed E-state index contributed by atoms with van der Waals surface area (Å²) in [5, 5.41) is 0.312. The summed E-state index contributed by atoms with van der Waals surface area (Å²) in [5.41, 5.74) is 5.62. The molecule has 0 spiro atoms. The second-order valence-corrected chi connectivity index (χ2v) is 7.76. The molecular formula is C21H20Br2O3. The van der Waals surface area contributed by atoms with Crippen molar-refractivity contribution >= 4 is 43.4 Å². The first-order chi connectivity index (χ1) is 12.6. The molecule has 5 heteroatoms. The number of ether oxygens (including phenoxy) is 1. The minimum Gasteiger partial charge on any atom is -0.488 e. The maximum Gasteiger partial charge on any atom is 0.176 e. The quantitative estimate of drug-likeness (QED) is 0.407. The van der Waals surface area contributed by atoms with Gasteiger partial charge in [0.05, 0.1) is 10.2 Å². The number of Topliss-reactive ketones (excluding diaryl/α,β-unsaturated/α-hetero) is 2. The number of fused-ring (bicyclic) bond motifs is 4. The Morgan fingerprint density at radius 3 is 2.62 bits per heavy atom. The SMILES string of the molecule is CC.O=C(CBr)c1ccc2c(c1)COc1cc3c(cc1-2)CCC(Br)C3=O. The second kappa shape index (κ2) is 8.05. The van der Waals surface area contributed by atoms with Crippen LogP contribution < -0.4 is 4.74 Å². The van der Waals surface area contributed by atoms with Crippen LogP contribution >= 0.6 is 31.9 Å². The highest BCUT2D eigenvalue weighted by Gasteiger charge is 2.29. The van der Waals surface area contributed by atoms with Crippen LogP contribution in [0.5, 0.6) is 5.75 Å². The minimum atomic E-state index is -0.100. The summed E-state index contributed by atoms with van der Waals surface area (Å²) in [6, 6.07) is 9.70. The van der Waals surface area contributed by atoms with Gasteiger partial charge in [-0.05, 0) is 47.7 Å². The van der Waals surface area contributed by atoms with E-state index in [0.717, 1.165) is 46.4 Å². The van der Waals surface area contributed by atoms with Crippen molar-refractivity contribution < 1.29 is 14.3 Å². The zero-order chi connectivity index (χ0) is 18.8. The molecule has 0 saturated heterocycles. The third-order valence-electron chi connectivity index (χ3n) is 4.64. The van der Waals surface area contributed by atoms with Gasteiger partial charge in [-0.3, -0.25) is 9.59 Å². The Labute approximate surface area is 170 Å². The normalized spacial score (nSPS) is 17.1. The number of ketones is 2. The summed E-state index contributed by atoms with van der Waals surface area (Å²) >= 11 is 6.66. The van der Waals surface area contributed by atoms with E-state index < -0.39 is 0 Å². The standard InChI is InChI=1S/C19H14Br2O3.C2H6/c20-8-17(22)11-1-3-13-12(5-11)9-24-18-7-14-10(6-15(13)18)2-4-16(21)19(14)23;1-2/h1,3,5-7,16H,2,4,8-9H2;1-2H3. The van der Waals surface area contributed by atoms with Gasteiger partial charge in [-0.1, -0.05) is 57.8 Å². The molecule has 0 bridgehead atoms. The van der Waals surface area contributed by atoms with Crippen LogP contribution in [0, 0.1) is 0 Å². The highest BCUT2D eigenvalue weighted by molar-refractivity contribution is 9.10. The fourth-order valence-electron chi connectivity index (χ4n) is 3.35. The molecule has 3 nitrogen and oxygen atoms in total. The van der Waals surface area contributed by atoms with E-state index in [4.69, 9.17) is 4.74 Å². The third-order valence-corrected chi connectivity index (χ3v) is 6.03. The molecule has 0 aromatic heterocycles. The van der Waals surface area contributed by atoms with Gasteiger partial charge in [0, 0.05) is 16.7 Å². The fraction of sp³-hybridized carbons (Fsp3) is 0.333. The van der Waals surface area contributed by atoms with Gasteiger partial charge in [-0.2, -0.15) is 0 Å². The van der Waals surface area contributed by atoms with Crippen LogP contribution in [0.1, 0.15) is 52.1 Å². The first-order valence-electron chi connectivity index (χ1n) is 8.79. The third kappa shape index (κ3) is 3.39. The van der Waals surface area contributed by atoms with Crippen LogP contribution in [0.25, 0.3) is 11.1 Å². The van der Waals surface area contributed by atoms with Gasteiger partial charge in [0.15, 0.2) is 11.6 Å². The monoisotopic (exact) mass is 478 g/mol. The van der Waals surface area contributed by atoms with Crippen molar-refractivity contribution in [3.63, 3.8) is 0 Å². The van der Waals surface area contributed by atoms with Crippen LogP contribution in [0.4, 0.5) is 0 Å². The molecule has 1 unspecified atom stereocenters. The zero-order valence-electron chi connectivity index (χ0n) is 14.8. The van der Waals surface area contributed by atoms with Gasteiger partial charge >= 0.3 is 0 Å². The first kappa shape index (κ1) is 19.3. The Morgan fingerprint density at radius 1 is 1.12 bits per heavy atom. The largest absolute Gasteiger partial charge is 0.488 e. The number of halogens is 2. The highest BCUT2D eigenvalue weighted by Crippen LogP contribution is 2.41. The Morgan fingerprint density at radius 2 is 1.88 bits per heavy atom. The van der Waals surface area contributed by atoms with Crippen LogP contribution in [0.3, 0.4) is 0 Å². The molecule has 136 valence electrons. The lowest BCUT2D eigenvalue weighted by atomic mass is 9.85. The fourth-order valence-corrected chi connectivity index (χ4v) is 4.15. The van der Waals surface area contributed by atoms with Crippen molar-refractivity contribution in [2.45, 2.75) is 38.1 Å². The van der Waals surface area contributed by atoms with Crippen molar-refractivity contribution in [3.8, 4) is 16.9 Å². The highest BCUT2D eigenvalue weighted by atomic mass is 79.9. The molecule has 0 radical (unpaired) electrons. The summed E-state index contributed by atoms with van der Waals surface area (Å²) in [5.74, 6) is 0.936. The molecule has 1 atom stereocenters. The van der Waals surface area contributed by atoms with Crippen molar-refractivity contribution in [3.05, 3.63) is 52.6 Å². The molecule has 2 aromatic carbocycles. The number of carbonyl (C=O) groups is 2. The first-order valence-corrected chi connectivity index (χ1v) is 10.8. The van der Waals surface area contributed by atoms with Gasteiger partial charge in [0.1, 0.15) is 12.4 Å². The van der Waals surface area contributed by atoms with E-state index in [1.807, 2.05) is 38.1 Å². The molecule has 0 amide bonds. The Bertz CT molecular complexity index is 874. The number of hydrogen-bond acceptors (Lipinski definition) is 3. The number of aryl methyl sites for hydroxylation is 1. The molecule has 2 aliphatic rings. The van der Waals surface area contributed by atoms with Crippen molar-refractivity contribution in [2.24, 2.45) is 0 Å². The molecule has 4 rings (SSSR count). The van der Waals surface area contributed by atoms with Gasteiger partial charge in [-0.25, -0.2) is 0 Å². The smallest absolute Gasteiger partial charge is 0.176 e. The molecule has 0 fully saturated rings. The minimum absolute atomic E-state index is 0.0583. The van der Waals surface area contributed by atoms with E-state index in [-0.39, 0.29) is 16.4 Å². The Balaban J connectivity index is 0.000000948. The molecule has 1 aliphatic carbocycles. The van der Waals surface area contributed by atoms with Crippen molar-refractivity contribution in [1.29, 1.82) is 0 Å².